The number of aromatic amines is 1. The van der Waals surface area contributed by atoms with Crippen LogP contribution >= 0.6 is 11.3 Å². The molecule has 122 valence electrons. The number of amides is 1. The number of pyridine rings is 1. The van der Waals surface area contributed by atoms with E-state index in [-0.39, 0.29) is 11.7 Å². The van der Waals surface area contributed by atoms with Gasteiger partial charge in [0, 0.05) is 29.5 Å². The molecule has 1 N–H and O–H groups in total. The molecule has 0 fully saturated rings. The number of rotatable bonds is 1. The van der Waals surface area contributed by atoms with Crippen molar-refractivity contribution in [3.8, 4) is 0 Å². The summed E-state index contributed by atoms with van der Waals surface area (Å²) in [5, 5.41) is 0.962. The summed E-state index contributed by atoms with van der Waals surface area (Å²) in [6.07, 6.45) is 4.21. The van der Waals surface area contributed by atoms with Crippen molar-refractivity contribution in [2.75, 3.05) is 13.1 Å². The maximum absolute atomic E-state index is 12.1. The normalized spacial score (nSPS) is 15.6. The fraction of sp³-hybridized carbons (Fsp3) is 0.412. The maximum Gasteiger partial charge on any atom is 0.410 e. The molecule has 0 saturated heterocycles. The van der Waals surface area contributed by atoms with Crippen molar-refractivity contribution in [3.63, 3.8) is 0 Å². The molecule has 23 heavy (non-hydrogen) atoms. The first-order valence-corrected chi connectivity index (χ1v) is 8.44. The topological polar surface area (TPSA) is 62.4 Å². The van der Waals surface area contributed by atoms with Crippen molar-refractivity contribution in [1.82, 2.24) is 9.88 Å². The zero-order valence-electron chi connectivity index (χ0n) is 13.5. The Morgan fingerprint density at radius 2 is 2.17 bits per heavy atom. The van der Waals surface area contributed by atoms with E-state index in [0.717, 1.165) is 21.4 Å². The van der Waals surface area contributed by atoms with E-state index in [1.165, 1.54) is 16.9 Å². The van der Waals surface area contributed by atoms with Crippen LogP contribution in [0, 0.1) is 0 Å². The SMILES string of the molecule is CC(C)(C)OC(=O)N1CC=C(c2cc3cc[nH]c(=O)c3s2)CC1. The summed E-state index contributed by atoms with van der Waals surface area (Å²) in [6.45, 7) is 6.76. The lowest BCUT2D eigenvalue weighted by Crippen LogP contribution is -2.39. The van der Waals surface area contributed by atoms with Gasteiger partial charge in [-0.05, 0) is 44.9 Å². The Morgan fingerprint density at radius 3 is 2.78 bits per heavy atom. The Hall–Kier alpha value is -2.08. The Balaban J connectivity index is 1.77. The van der Waals surface area contributed by atoms with Gasteiger partial charge >= 0.3 is 6.09 Å². The smallest absolute Gasteiger partial charge is 0.410 e. The van der Waals surface area contributed by atoms with Crippen molar-refractivity contribution in [3.05, 3.63) is 39.6 Å². The summed E-state index contributed by atoms with van der Waals surface area (Å²) < 4.78 is 6.14. The lowest BCUT2D eigenvalue weighted by molar-refractivity contribution is 0.0270. The van der Waals surface area contributed by atoms with Gasteiger partial charge in [-0.15, -0.1) is 11.3 Å². The molecule has 0 unspecified atom stereocenters. The van der Waals surface area contributed by atoms with Crippen LogP contribution in [0.4, 0.5) is 4.79 Å². The number of ether oxygens (including phenoxy) is 1. The van der Waals surface area contributed by atoms with Crippen molar-refractivity contribution in [1.29, 1.82) is 0 Å². The van der Waals surface area contributed by atoms with Gasteiger partial charge < -0.3 is 14.6 Å². The molecule has 3 heterocycles. The van der Waals surface area contributed by atoms with E-state index >= 15 is 0 Å². The molecule has 1 aliphatic heterocycles. The van der Waals surface area contributed by atoms with Gasteiger partial charge in [0.15, 0.2) is 0 Å². The molecule has 6 heteroatoms. The summed E-state index contributed by atoms with van der Waals surface area (Å²) in [5.74, 6) is 0. The van der Waals surface area contributed by atoms with Crippen LogP contribution < -0.4 is 5.56 Å². The van der Waals surface area contributed by atoms with E-state index in [2.05, 4.69) is 4.98 Å². The van der Waals surface area contributed by atoms with Crippen LogP contribution in [0.1, 0.15) is 32.1 Å². The largest absolute Gasteiger partial charge is 0.444 e. The number of H-pyrrole nitrogens is 1. The highest BCUT2D eigenvalue weighted by Gasteiger charge is 2.24. The minimum atomic E-state index is -0.479. The predicted octanol–water partition coefficient (Wildman–Crippen LogP) is 3.61. The molecule has 0 radical (unpaired) electrons. The molecule has 0 aliphatic carbocycles. The second-order valence-corrected chi connectivity index (χ2v) is 7.66. The molecule has 0 bridgehead atoms. The Bertz CT molecular complexity index is 826. The van der Waals surface area contributed by atoms with Crippen LogP contribution in [0.3, 0.4) is 0 Å². The highest BCUT2D eigenvalue weighted by atomic mass is 32.1. The van der Waals surface area contributed by atoms with Gasteiger partial charge in [0.1, 0.15) is 10.3 Å². The zero-order chi connectivity index (χ0) is 16.6. The van der Waals surface area contributed by atoms with E-state index in [1.54, 1.807) is 11.1 Å². The van der Waals surface area contributed by atoms with E-state index in [4.69, 9.17) is 4.74 Å². The minimum absolute atomic E-state index is 0.0504. The third kappa shape index (κ3) is 3.47. The highest BCUT2D eigenvalue weighted by Crippen LogP contribution is 2.31. The van der Waals surface area contributed by atoms with E-state index < -0.39 is 5.60 Å². The molecule has 3 rings (SSSR count). The number of hydrogen-bond acceptors (Lipinski definition) is 4. The molecule has 0 saturated carbocycles. The quantitative estimate of drug-likeness (QED) is 0.867. The van der Waals surface area contributed by atoms with Crippen LogP contribution in [0.2, 0.25) is 0 Å². The first-order chi connectivity index (χ1) is 10.8. The summed E-state index contributed by atoms with van der Waals surface area (Å²) in [7, 11) is 0. The molecule has 1 amide bonds. The molecule has 2 aromatic rings. The van der Waals surface area contributed by atoms with Gasteiger partial charge in [0.2, 0.25) is 0 Å². The fourth-order valence-electron chi connectivity index (χ4n) is 2.52. The van der Waals surface area contributed by atoms with Crippen LogP contribution in [-0.4, -0.2) is 34.7 Å². The molecule has 1 aliphatic rings. The summed E-state index contributed by atoms with van der Waals surface area (Å²) in [5.41, 5.74) is 0.657. The molecular weight excluding hydrogens is 312 g/mol. The molecule has 5 nitrogen and oxygen atoms in total. The van der Waals surface area contributed by atoms with Crippen LogP contribution in [-0.2, 0) is 4.74 Å². The Morgan fingerprint density at radius 1 is 1.39 bits per heavy atom. The summed E-state index contributed by atoms with van der Waals surface area (Å²) in [4.78, 5) is 29.4. The first kappa shape index (κ1) is 15.8. The van der Waals surface area contributed by atoms with Gasteiger partial charge in [-0.25, -0.2) is 4.79 Å². The number of hydrogen-bond donors (Lipinski definition) is 1. The van der Waals surface area contributed by atoms with Crippen LogP contribution in [0.15, 0.2) is 29.2 Å². The Labute approximate surface area is 138 Å². The molecule has 0 aromatic carbocycles. The monoisotopic (exact) mass is 332 g/mol. The number of carbonyl (C=O) groups is 1. The highest BCUT2D eigenvalue weighted by molar-refractivity contribution is 7.20. The van der Waals surface area contributed by atoms with Crippen molar-refractivity contribution >= 4 is 33.1 Å². The van der Waals surface area contributed by atoms with Crippen molar-refractivity contribution in [2.24, 2.45) is 0 Å². The second kappa shape index (κ2) is 5.85. The molecule has 0 atom stereocenters. The zero-order valence-corrected chi connectivity index (χ0v) is 14.3. The fourth-order valence-corrected chi connectivity index (χ4v) is 3.64. The average Bonchev–Trinajstić information content (AvgIpc) is 2.91. The van der Waals surface area contributed by atoms with E-state index in [1.807, 2.05) is 39.0 Å². The number of nitrogens with zero attached hydrogens (tertiary/aromatic N) is 1. The second-order valence-electron chi connectivity index (χ2n) is 6.61. The van der Waals surface area contributed by atoms with Gasteiger partial charge in [-0.1, -0.05) is 6.08 Å². The standard InChI is InChI=1S/C17H20N2O3S/c1-17(2,3)22-16(21)19-8-5-11(6-9-19)13-10-12-4-7-18-15(20)14(12)23-13/h4-5,7,10H,6,8-9H2,1-3H3,(H,18,20). The molecule has 2 aromatic heterocycles. The number of carbonyl (C=O) groups excluding carboxylic acids is 1. The first-order valence-electron chi connectivity index (χ1n) is 7.62. The van der Waals surface area contributed by atoms with Crippen molar-refractivity contribution in [2.45, 2.75) is 32.8 Å². The van der Waals surface area contributed by atoms with E-state index in [9.17, 15) is 9.59 Å². The van der Waals surface area contributed by atoms with Gasteiger partial charge in [0.05, 0.1) is 0 Å². The lowest BCUT2D eigenvalue weighted by Gasteiger charge is -2.29. The number of fused-ring (bicyclic) bond motifs is 1. The molecule has 0 spiro atoms. The van der Waals surface area contributed by atoms with Crippen LogP contribution in [0.25, 0.3) is 15.7 Å². The summed E-state index contributed by atoms with van der Waals surface area (Å²) in [6, 6.07) is 3.96. The third-order valence-corrected chi connectivity index (χ3v) is 4.85. The summed E-state index contributed by atoms with van der Waals surface area (Å²) >= 11 is 1.50. The lowest BCUT2D eigenvalue weighted by atomic mass is 10.1. The van der Waals surface area contributed by atoms with Crippen molar-refractivity contribution < 1.29 is 9.53 Å². The predicted molar refractivity (Wildman–Crippen MR) is 92.8 cm³/mol. The van der Waals surface area contributed by atoms with Gasteiger partial charge in [-0.2, -0.15) is 0 Å². The number of aromatic nitrogens is 1. The van der Waals surface area contributed by atoms with Gasteiger partial charge in [0.25, 0.3) is 5.56 Å². The van der Waals surface area contributed by atoms with Crippen LogP contribution in [0.5, 0.6) is 0 Å². The van der Waals surface area contributed by atoms with Gasteiger partial charge in [-0.3, -0.25) is 4.79 Å². The Kier molecular flexibility index (Phi) is 4.02. The minimum Gasteiger partial charge on any atom is -0.444 e. The number of nitrogens with one attached hydrogen (secondary N) is 1. The molecular formula is C17H20N2O3S. The maximum atomic E-state index is 12.1. The average molecular weight is 332 g/mol. The van der Waals surface area contributed by atoms with E-state index in [0.29, 0.717) is 13.1 Å². The number of thiophene rings is 1. The third-order valence-electron chi connectivity index (χ3n) is 3.62.